The van der Waals surface area contributed by atoms with Gasteiger partial charge in [0.25, 0.3) is 5.91 Å². The van der Waals surface area contributed by atoms with Gasteiger partial charge in [-0.25, -0.2) is 4.79 Å². The number of anilines is 2. The molecule has 1 heterocycles. The molecular formula is C21H20N4O4S2. The fourth-order valence-electron chi connectivity index (χ4n) is 2.73. The van der Waals surface area contributed by atoms with Gasteiger partial charge in [0.15, 0.2) is 4.34 Å². The molecule has 0 saturated heterocycles. The van der Waals surface area contributed by atoms with E-state index in [4.69, 9.17) is 0 Å². The first-order valence-electron chi connectivity index (χ1n) is 9.18. The summed E-state index contributed by atoms with van der Waals surface area (Å²) in [7, 11) is 1.31. The molecule has 1 aromatic heterocycles. The maximum atomic E-state index is 12.4. The second-order valence-electron chi connectivity index (χ2n) is 6.61. The predicted octanol–water partition coefficient (Wildman–Crippen LogP) is 3.92. The third kappa shape index (κ3) is 6.37. The van der Waals surface area contributed by atoms with Gasteiger partial charge in [-0.3, -0.25) is 14.9 Å². The average molecular weight is 457 g/mol. The Labute approximate surface area is 187 Å². The van der Waals surface area contributed by atoms with Gasteiger partial charge in [-0.15, -0.1) is 10.2 Å². The van der Waals surface area contributed by atoms with Crippen LogP contribution in [0.1, 0.15) is 31.8 Å². The minimum absolute atomic E-state index is 0.123. The number of esters is 1. The Morgan fingerprint density at radius 3 is 2.29 bits per heavy atom. The SMILES string of the molecule is COC(=O)c1ccc(NC(=O)CSc2nnc(NC(=O)c3cc(C)cc(C)c3)s2)cc1. The molecule has 2 amide bonds. The van der Waals surface area contributed by atoms with Gasteiger partial charge in [0.05, 0.1) is 18.4 Å². The van der Waals surface area contributed by atoms with Crippen molar-refractivity contribution in [2.24, 2.45) is 0 Å². The van der Waals surface area contributed by atoms with Crippen LogP contribution < -0.4 is 10.6 Å². The van der Waals surface area contributed by atoms with E-state index in [2.05, 4.69) is 25.6 Å². The van der Waals surface area contributed by atoms with Crippen molar-refractivity contribution in [1.82, 2.24) is 10.2 Å². The zero-order valence-electron chi connectivity index (χ0n) is 17.1. The number of aromatic nitrogens is 2. The van der Waals surface area contributed by atoms with Crippen LogP contribution in [0.2, 0.25) is 0 Å². The van der Waals surface area contributed by atoms with Gasteiger partial charge < -0.3 is 10.1 Å². The van der Waals surface area contributed by atoms with Gasteiger partial charge >= 0.3 is 5.97 Å². The highest BCUT2D eigenvalue weighted by Gasteiger charge is 2.13. The number of hydrogen-bond donors (Lipinski definition) is 2. The molecule has 3 aromatic rings. The lowest BCUT2D eigenvalue weighted by Crippen LogP contribution is -2.14. The summed E-state index contributed by atoms with van der Waals surface area (Å²) in [6.45, 7) is 3.87. The molecule has 3 rings (SSSR count). The van der Waals surface area contributed by atoms with Gasteiger partial charge in [0, 0.05) is 11.3 Å². The Morgan fingerprint density at radius 2 is 1.65 bits per heavy atom. The molecule has 0 aliphatic rings. The smallest absolute Gasteiger partial charge is 0.337 e. The topological polar surface area (TPSA) is 110 Å². The first-order chi connectivity index (χ1) is 14.8. The number of ether oxygens (including phenoxy) is 1. The number of rotatable bonds is 7. The first-order valence-corrected chi connectivity index (χ1v) is 11.0. The second kappa shape index (κ2) is 10.2. The van der Waals surface area contributed by atoms with Crippen LogP contribution in [0.5, 0.6) is 0 Å². The third-order valence-corrected chi connectivity index (χ3v) is 6.00. The van der Waals surface area contributed by atoms with Crippen molar-refractivity contribution in [3.8, 4) is 0 Å². The van der Waals surface area contributed by atoms with Crippen molar-refractivity contribution in [3.05, 3.63) is 64.7 Å². The fourth-order valence-corrected chi connectivity index (χ4v) is 4.27. The highest BCUT2D eigenvalue weighted by atomic mass is 32.2. The minimum atomic E-state index is -0.440. The maximum Gasteiger partial charge on any atom is 0.337 e. The van der Waals surface area contributed by atoms with E-state index >= 15 is 0 Å². The second-order valence-corrected chi connectivity index (χ2v) is 8.81. The van der Waals surface area contributed by atoms with E-state index in [9.17, 15) is 14.4 Å². The zero-order chi connectivity index (χ0) is 22.4. The number of carbonyl (C=O) groups excluding carboxylic acids is 3. The van der Waals surface area contributed by atoms with E-state index in [1.807, 2.05) is 19.9 Å². The Morgan fingerprint density at radius 1 is 0.968 bits per heavy atom. The lowest BCUT2D eigenvalue weighted by atomic mass is 10.1. The minimum Gasteiger partial charge on any atom is -0.465 e. The van der Waals surface area contributed by atoms with Crippen molar-refractivity contribution in [3.63, 3.8) is 0 Å². The fraction of sp³-hybridized carbons (Fsp3) is 0.190. The molecule has 10 heteroatoms. The van der Waals surface area contributed by atoms with E-state index in [1.54, 1.807) is 36.4 Å². The highest BCUT2D eigenvalue weighted by molar-refractivity contribution is 8.01. The summed E-state index contributed by atoms with van der Waals surface area (Å²) in [4.78, 5) is 36.0. The largest absolute Gasteiger partial charge is 0.465 e. The number of nitrogens with one attached hydrogen (secondary N) is 2. The van der Waals surface area contributed by atoms with Crippen molar-refractivity contribution in [2.45, 2.75) is 18.2 Å². The Kier molecular flexibility index (Phi) is 7.37. The van der Waals surface area contributed by atoms with Crippen LogP contribution in [0.25, 0.3) is 0 Å². The molecule has 0 radical (unpaired) electrons. The van der Waals surface area contributed by atoms with Crippen LogP contribution in [0.15, 0.2) is 46.8 Å². The zero-order valence-corrected chi connectivity index (χ0v) is 18.7. The van der Waals surface area contributed by atoms with Crippen LogP contribution in [-0.2, 0) is 9.53 Å². The van der Waals surface area contributed by atoms with Gasteiger partial charge in [-0.1, -0.05) is 40.3 Å². The monoisotopic (exact) mass is 456 g/mol. The number of nitrogens with zero attached hydrogens (tertiary/aromatic N) is 2. The number of amides is 2. The molecule has 0 fully saturated rings. The summed E-state index contributed by atoms with van der Waals surface area (Å²) in [5.41, 5.74) is 3.53. The van der Waals surface area contributed by atoms with Crippen LogP contribution in [0, 0.1) is 13.8 Å². The number of thioether (sulfide) groups is 1. The molecule has 8 nitrogen and oxygen atoms in total. The van der Waals surface area contributed by atoms with E-state index in [1.165, 1.54) is 30.2 Å². The quantitative estimate of drug-likeness (QED) is 0.315. The molecule has 0 aliphatic heterocycles. The Hall–Kier alpha value is -3.24. The summed E-state index contributed by atoms with van der Waals surface area (Å²) >= 11 is 2.41. The number of carbonyl (C=O) groups is 3. The first kappa shape index (κ1) is 22.4. The van der Waals surface area contributed by atoms with Crippen molar-refractivity contribution in [1.29, 1.82) is 0 Å². The van der Waals surface area contributed by atoms with E-state index in [0.717, 1.165) is 11.1 Å². The van der Waals surface area contributed by atoms with Crippen LogP contribution in [0.3, 0.4) is 0 Å². The molecule has 0 atom stereocenters. The van der Waals surface area contributed by atoms with E-state index < -0.39 is 5.97 Å². The van der Waals surface area contributed by atoms with Gasteiger partial charge in [0.2, 0.25) is 11.0 Å². The summed E-state index contributed by atoms with van der Waals surface area (Å²) in [6, 6.07) is 12.0. The normalized spacial score (nSPS) is 10.4. The summed E-state index contributed by atoms with van der Waals surface area (Å²) < 4.78 is 5.20. The highest BCUT2D eigenvalue weighted by Crippen LogP contribution is 2.26. The number of aryl methyl sites for hydroxylation is 2. The molecule has 160 valence electrons. The maximum absolute atomic E-state index is 12.4. The molecule has 0 unspecified atom stereocenters. The van der Waals surface area contributed by atoms with Crippen molar-refractivity contribution < 1.29 is 19.1 Å². The van der Waals surface area contributed by atoms with Gasteiger partial charge in [0.1, 0.15) is 0 Å². The molecule has 0 bridgehead atoms. The van der Waals surface area contributed by atoms with Gasteiger partial charge in [-0.2, -0.15) is 0 Å². The molecule has 31 heavy (non-hydrogen) atoms. The van der Waals surface area contributed by atoms with Crippen LogP contribution in [0.4, 0.5) is 10.8 Å². The van der Waals surface area contributed by atoms with E-state index in [0.29, 0.717) is 26.3 Å². The number of benzene rings is 2. The van der Waals surface area contributed by atoms with E-state index in [-0.39, 0.29) is 17.6 Å². The number of hydrogen-bond acceptors (Lipinski definition) is 8. The predicted molar refractivity (Wildman–Crippen MR) is 121 cm³/mol. The van der Waals surface area contributed by atoms with Gasteiger partial charge in [-0.05, 0) is 50.2 Å². The van der Waals surface area contributed by atoms with Crippen LogP contribution in [-0.4, -0.2) is 40.8 Å². The Balaban J connectivity index is 1.51. The summed E-state index contributed by atoms with van der Waals surface area (Å²) in [6.07, 6.45) is 0. The lowest BCUT2D eigenvalue weighted by molar-refractivity contribution is -0.113. The lowest BCUT2D eigenvalue weighted by Gasteiger charge is -2.05. The third-order valence-electron chi connectivity index (χ3n) is 4.03. The molecule has 2 aromatic carbocycles. The standard InChI is InChI=1S/C21H20N4O4S2/c1-12-8-13(2)10-15(9-12)18(27)23-20-24-25-21(31-20)30-11-17(26)22-16-6-4-14(5-7-16)19(28)29-3/h4-10H,11H2,1-3H3,(H,22,26)(H,23,24,27). The summed E-state index contributed by atoms with van der Waals surface area (Å²) in [5.74, 6) is -0.803. The number of methoxy groups -OCH3 is 1. The average Bonchev–Trinajstić information content (AvgIpc) is 3.19. The molecule has 0 saturated carbocycles. The molecule has 2 N–H and O–H groups in total. The van der Waals surface area contributed by atoms with Crippen LogP contribution >= 0.6 is 23.1 Å². The van der Waals surface area contributed by atoms with Crippen molar-refractivity contribution in [2.75, 3.05) is 23.5 Å². The molecular weight excluding hydrogens is 436 g/mol. The Bertz CT molecular complexity index is 1090. The summed E-state index contributed by atoms with van der Waals surface area (Å²) in [5, 5.41) is 13.8. The molecule has 0 spiro atoms. The molecule has 0 aliphatic carbocycles. The van der Waals surface area contributed by atoms with Crippen molar-refractivity contribution >= 4 is 51.7 Å².